The summed E-state index contributed by atoms with van der Waals surface area (Å²) in [6.45, 7) is 0. The van der Waals surface area contributed by atoms with Gasteiger partial charge in [-0.25, -0.2) is 15.2 Å². The molecule has 0 radical (unpaired) electrons. The molecule has 7 heteroatoms. The number of amides is 2. The first-order valence-electron chi connectivity index (χ1n) is 6.55. The summed E-state index contributed by atoms with van der Waals surface area (Å²) in [6, 6.07) is 6.02. The van der Waals surface area contributed by atoms with Gasteiger partial charge in [-0.05, 0) is 17.7 Å². The molecular formula is C14H15N3O4. The molecule has 0 unspecified atom stereocenters. The Morgan fingerprint density at radius 1 is 1.19 bits per heavy atom. The summed E-state index contributed by atoms with van der Waals surface area (Å²) in [6.07, 6.45) is 0. The SMILES string of the molecule is COC(=O)c1ccc([C@@H]2NN(C)[C@H]3C(=O)NC(=O)[C@H]23)cc1. The minimum absolute atomic E-state index is 0.274. The number of nitrogens with zero attached hydrogens (tertiary/aromatic N) is 1. The van der Waals surface area contributed by atoms with Crippen LogP contribution in [0.15, 0.2) is 24.3 Å². The first-order chi connectivity index (χ1) is 10.0. The average molecular weight is 289 g/mol. The molecule has 1 aromatic rings. The fourth-order valence-electron chi connectivity index (χ4n) is 2.94. The lowest BCUT2D eigenvalue weighted by Crippen LogP contribution is -2.41. The monoisotopic (exact) mass is 289 g/mol. The molecule has 0 aromatic heterocycles. The fraction of sp³-hybridized carbons (Fsp3) is 0.357. The summed E-state index contributed by atoms with van der Waals surface area (Å²) in [4.78, 5) is 35.1. The van der Waals surface area contributed by atoms with Crippen LogP contribution in [0.2, 0.25) is 0 Å². The van der Waals surface area contributed by atoms with Crippen LogP contribution in [0, 0.1) is 5.92 Å². The van der Waals surface area contributed by atoms with E-state index in [1.165, 1.54) is 7.11 Å². The summed E-state index contributed by atoms with van der Waals surface area (Å²) in [5.74, 6) is -1.44. The lowest BCUT2D eigenvalue weighted by molar-refractivity contribution is -0.127. The van der Waals surface area contributed by atoms with Crippen molar-refractivity contribution in [2.24, 2.45) is 5.92 Å². The minimum atomic E-state index is -0.497. The number of benzene rings is 1. The summed E-state index contributed by atoms with van der Waals surface area (Å²) in [7, 11) is 3.06. The van der Waals surface area contributed by atoms with E-state index >= 15 is 0 Å². The largest absolute Gasteiger partial charge is 0.465 e. The van der Waals surface area contributed by atoms with E-state index in [4.69, 9.17) is 0 Å². The van der Waals surface area contributed by atoms with Crippen LogP contribution in [0.4, 0.5) is 0 Å². The highest BCUT2D eigenvalue weighted by Crippen LogP contribution is 2.36. The van der Waals surface area contributed by atoms with E-state index in [2.05, 4.69) is 15.5 Å². The first kappa shape index (κ1) is 13.7. The summed E-state index contributed by atoms with van der Waals surface area (Å²) >= 11 is 0. The molecule has 3 rings (SSSR count). The Morgan fingerprint density at radius 3 is 2.48 bits per heavy atom. The molecule has 2 N–H and O–H groups in total. The Hall–Kier alpha value is -2.25. The van der Waals surface area contributed by atoms with Gasteiger partial charge in [-0.2, -0.15) is 0 Å². The molecule has 2 aliphatic rings. The molecule has 1 aromatic carbocycles. The van der Waals surface area contributed by atoms with E-state index in [0.717, 1.165) is 5.56 Å². The molecular weight excluding hydrogens is 274 g/mol. The molecule has 0 saturated carbocycles. The van der Waals surface area contributed by atoms with Crippen molar-refractivity contribution in [2.75, 3.05) is 14.2 Å². The van der Waals surface area contributed by atoms with Gasteiger partial charge in [0.05, 0.1) is 24.6 Å². The highest BCUT2D eigenvalue weighted by Gasteiger charge is 2.53. The Bertz CT molecular complexity index is 613. The standard InChI is InChI=1S/C14H15N3O4/c1-17-11-9(12(18)15-13(11)19)10(16-17)7-3-5-8(6-4-7)14(20)21-2/h3-6,9-11,16H,1-2H3,(H,15,18,19)/t9-,10+,11-/m1/s1. The number of hydrogen-bond acceptors (Lipinski definition) is 6. The normalized spacial score (nSPS) is 28.4. The highest BCUT2D eigenvalue weighted by atomic mass is 16.5. The van der Waals surface area contributed by atoms with Crippen molar-refractivity contribution in [3.8, 4) is 0 Å². The molecule has 7 nitrogen and oxygen atoms in total. The molecule has 3 atom stereocenters. The smallest absolute Gasteiger partial charge is 0.337 e. The third kappa shape index (κ3) is 2.10. The van der Waals surface area contributed by atoms with Gasteiger partial charge in [0.1, 0.15) is 6.04 Å². The Morgan fingerprint density at radius 2 is 1.86 bits per heavy atom. The van der Waals surface area contributed by atoms with Gasteiger partial charge < -0.3 is 4.74 Å². The number of carbonyl (C=O) groups excluding carboxylic acids is 3. The van der Waals surface area contributed by atoms with Crippen LogP contribution in [0.1, 0.15) is 22.0 Å². The van der Waals surface area contributed by atoms with E-state index in [0.29, 0.717) is 5.56 Å². The van der Waals surface area contributed by atoms with E-state index in [-0.39, 0.29) is 17.9 Å². The van der Waals surface area contributed by atoms with Gasteiger partial charge in [-0.3, -0.25) is 14.9 Å². The van der Waals surface area contributed by atoms with Crippen LogP contribution < -0.4 is 10.7 Å². The maximum Gasteiger partial charge on any atom is 0.337 e. The Kier molecular flexibility index (Phi) is 3.23. The topological polar surface area (TPSA) is 87.7 Å². The van der Waals surface area contributed by atoms with E-state index in [1.54, 1.807) is 36.3 Å². The van der Waals surface area contributed by atoms with Crippen molar-refractivity contribution in [3.05, 3.63) is 35.4 Å². The van der Waals surface area contributed by atoms with Gasteiger partial charge >= 0.3 is 5.97 Å². The molecule has 2 fully saturated rings. The number of imide groups is 1. The van der Waals surface area contributed by atoms with Gasteiger partial charge in [0.15, 0.2) is 0 Å². The summed E-state index contributed by atoms with van der Waals surface area (Å²) in [5.41, 5.74) is 4.41. The quantitative estimate of drug-likeness (QED) is 0.569. The number of esters is 1. The van der Waals surface area contributed by atoms with Gasteiger partial charge in [-0.1, -0.05) is 12.1 Å². The third-order valence-electron chi connectivity index (χ3n) is 3.97. The molecule has 2 saturated heterocycles. The second-order valence-electron chi connectivity index (χ2n) is 5.16. The number of hydrazine groups is 1. The molecule has 2 heterocycles. The Balaban J connectivity index is 1.89. The van der Waals surface area contributed by atoms with Crippen molar-refractivity contribution in [1.82, 2.24) is 15.8 Å². The number of nitrogens with one attached hydrogen (secondary N) is 2. The zero-order valence-corrected chi connectivity index (χ0v) is 11.6. The molecule has 0 spiro atoms. The van der Waals surface area contributed by atoms with Gasteiger partial charge in [0.25, 0.3) is 0 Å². The number of hydrogen-bond donors (Lipinski definition) is 2. The predicted octanol–water partition coefficient (Wildman–Crippen LogP) is -0.394. The molecule has 2 aliphatic heterocycles. The third-order valence-corrected chi connectivity index (χ3v) is 3.97. The number of rotatable bonds is 2. The average Bonchev–Trinajstić information content (AvgIpc) is 2.98. The van der Waals surface area contributed by atoms with E-state index < -0.39 is 17.9 Å². The minimum Gasteiger partial charge on any atom is -0.465 e. The molecule has 110 valence electrons. The van der Waals surface area contributed by atoms with Crippen molar-refractivity contribution < 1.29 is 19.1 Å². The number of ether oxygens (including phenoxy) is 1. The van der Waals surface area contributed by atoms with E-state index in [1.807, 2.05) is 0 Å². The lowest BCUT2D eigenvalue weighted by atomic mass is 9.90. The predicted molar refractivity (Wildman–Crippen MR) is 71.8 cm³/mol. The van der Waals surface area contributed by atoms with Crippen LogP contribution in [-0.4, -0.2) is 43.0 Å². The van der Waals surface area contributed by atoms with E-state index in [9.17, 15) is 14.4 Å². The van der Waals surface area contributed by atoms with Crippen molar-refractivity contribution >= 4 is 17.8 Å². The second-order valence-corrected chi connectivity index (χ2v) is 5.16. The first-order valence-corrected chi connectivity index (χ1v) is 6.55. The highest BCUT2D eigenvalue weighted by molar-refractivity contribution is 6.07. The van der Waals surface area contributed by atoms with Crippen LogP contribution in [0.5, 0.6) is 0 Å². The lowest BCUT2D eigenvalue weighted by Gasteiger charge is -2.17. The van der Waals surface area contributed by atoms with Gasteiger partial charge in [0, 0.05) is 7.05 Å². The zero-order chi connectivity index (χ0) is 15.1. The zero-order valence-electron chi connectivity index (χ0n) is 11.6. The maximum absolute atomic E-state index is 11.9. The number of likely N-dealkylation sites (N-methyl/N-ethyl adjacent to an activating group) is 1. The maximum atomic E-state index is 11.9. The number of fused-ring (bicyclic) bond motifs is 1. The van der Waals surface area contributed by atoms with Crippen LogP contribution in [0.3, 0.4) is 0 Å². The second kappa shape index (κ2) is 4.94. The summed E-state index contributed by atoms with van der Waals surface area (Å²) in [5, 5.41) is 4.01. The van der Waals surface area contributed by atoms with Crippen molar-refractivity contribution in [1.29, 1.82) is 0 Å². The van der Waals surface area contributed by atoms with Gasteiger partial charge in [-0.15, -0.1) is 0 Å². The fourth-order valence-corrected chi connectivity index (χ4v) is 2.94. The number of carbonyl (C=O) groups is 3. The number of methoxy groups -OCH3 is 1. The molecule has 2 amide bonds. The molecule has 0 bridgehead atoms. The van der Waals surface area contributed by atoms with Crippen LogP contribution in [-0.2, 0) is 14.3 Å². The van der Waals surface area contributed by atoms with Crippen molar-refractivity contribution in [3.63, 3.8) is 0 Å². The van der Waals surface area contributed by atoms with Crippen LogP contribution in [0.25, 0.3) is 0 Å². The Labute approximate surface area is 121 Å². The summed E-state index contributed by atoms with van der Waals surface area (Å²) < 4.78 is 4.65. The molecule has 0 aliphatic carbocycles. The van der Waals surface area contributed by atoms with Crippen LogP contribution >= 0.6 is 0 Å². The van der Waals surface area contributed by atoms with Crippen molar-refractivity contribution in [2.45, 2.75) is 12.1 Å². The van der Waals surface area contributed by atoms with Gasteiger partial charge in [0.2, 0.25) is 11.8 Å². The molecule has 21 heavy (non-hydrogen) atoms.